The molecule has 0 aliphatic carbocycles. The second-order valence-electron chi connectivity index (χ2n) is 7.69. The molecule has 2 saturated heterocycles. The van der Waals surface area contributed by atoms with Gasteiger partial charge in [0.15, 0.2) is 14.2 Å². The van der Waals surface area contributed by atoms with Crippen LogP contribution in [0.15, 0.2) is 28.6 Å². The van der Waals surface area contributed by atoms with Crippen LogP contribution in [0.5, 0.6) is 5.75 Å². The van der Waals surface area contributed by atoms with Gasteiger partial charge in [0.1, 0.15) is 5.75 Å². The van der Waals surface area contributed by atoms with E-state index in [1.165, 1.54) is 23.1 Å². The standard InChI is InChI=1S/C20H27N5O4S3/c1-2-29-17-6-4-3-5-16(17)21-19-22-23-20(31-19)30-13-18(26)25-10-8-24(9-11-25)15-7-12-32(27,28)14-15/h3-6,15H,2,7-14H2,1H3,(H,21,22). The molecule has 1 aromatic heterocycles. The lowest BCUT2D eigenvalue weighted by Crippen LogP contribution is -2.52. The molecule has 1 amide bonds. The predicted octanol–water partition coefficient (Wildman–Crippen LogP) is 2.10. The lowest BCUT2D eigenvalue weighted by molar-refractivity contribution is -0.130. The molecule has 4 rings (SSSR count). The molecule has 0 saturated carbocycles. The van der Waals surface area contributed by atoms with Crippen LogP contribution in [-0.2, 0) is 14.6 Å². The van der Waals surface area contributed by atoms with Gasteiger partial charge in [-0.2, -0.15) is 0 Å². The Balaban J connectivity index is 1.24. The number of nitrogens with zero attached hydrogens (tertiary/aromatic N) is 4. The zero-order chi connectivity index (χ0) is 22.6. The van der Waals surface area contributed by atoms with Gasteiger partial charge in [-0.1, -0.05) is 35.2 Å². The monoisotopic (exact) mass is 497 g/mol. The van der Waals surface area contributed by atoms with Gasteiger partial charge < -0.3 is 15.0 Å². The van der Waals surface area contributed by atoms with Gasteiger partial charge in [-0.05, 0) is 25.5 Å². The first-order chi connectivity index (χ1) is 15.4. The van der Waals surface area contributed by atoms with Crippen LogP contribution >= 0.6 is 23.1 Å². The first-order valence-electron chi connectivity index (χ1n) is 10.6. The fourth-order valence-corrected chi connectivity index (χ4v) is 7.33. The van der Waals surface area contributed by atoms with Crippen molar-refractivity contribution in [3.8, 4) is 5.75 Å². The van der Waals surface area contributed by atoms with Gasteiger partial charge >= 0.3 is 0 Å². The van der Waals surface area contributed by atoms with Gasteiger partial charge in [-0.3, -0.25) is 9.69 Å². The topological polar surface area (TPSA) is 105 Å². The molecule has 0 spiro atoms. The minimum Gasteiger partial charge on any atom is -0.492 e. The maximum absolute atomic E-state index is 12.6. The lowest BCUT2D eigenvalue weighted by atomic mass is 10.2. The Labute approximate surface area is 196 Å². The number of carbonyl (C=O) groups is 1. The number of benzene rings is 1. The maximum Gasteiger partial charge on any atom is 0.233 e. The third-order valence-electron chi connectivity index (χ3n) is 5.55. The molecule has 2 aliphatic rings. The number of sulfone groups is 1. The molecule has 32 heavy (non-hydrogen) atoms. The average Bonchev–Trinajstić information content (AvgIpc) is 3.39. The minimum absolute atomic E-state index is 0.0695. The van der Waals surface area contributed by atoms with Crippen molar-refractivity contribution in [3.63, 3.8) is 0 Å². The molecule has 0 bridgehead atoms. The molecule has 3 heterocycles. The SMILES string of the molecule is CCOc1ccccc1Nc1nnc(SCC(=O)N2CCN(C3CCS(=O)(=O)C3)CC2)s1. The van der Waals surface area contributed by atoms with E-state index in [0.29, 0.717) is 37.0 Å². The third-order valence-corrected chi connectivity index (χ3v) is 9.25. The van der Waals surface area contributed by atoms with Crippen molar-refractivity contribution in [2.45, 2.75) is 23.7 Å². The molecule has 12 heteroatoms. The number of piperazine rings is 1. The van der Waals surface area contributed by atoms with E-state index < -0.39 is 9.84 Å². The van der Waals surface area contributed by atoms with E-state index in [0.717, 1.165) is 28.9 Å². The molecule has 0 radical (unpaired) electrons. The van der Waals surface area contributed by atoms with E-state index in [2.05, 4.69) is 20.4 Å². The van der Waals surface area contributed by atoms with Crippen molar-refractivity contribution < 1.29 is 17.9 Å². The molecule has 174 valence electrons. The highest BCUT2D eigenvalue weighted by atomic mass is 32.2. The number of anilines is 2. The van der Waals surface area contributed by atoms with Crippen LogP contribution < -0.4 is 10.1 Å². The van der Waals surface area contributed by atoms with Crippen molar-refractivity contribution in [3.05, 3.63) is 24.3 Å². The van der Waals surface area contributed by atoms with Crippen LogP contribution in [0.2, 0.25) is 0 Å². The lowest BCUT2D eigenvalue weighted by Gasteiger charge is -2.37. The van der Waals surface area contributed by atoms with Gasteiger partial charge in [0.25, 0.3) is 0 Å². The normalized spacial score (nSPS) is 20.9. The largest absolute Gasteiger partial charge is 0.492 e. The minimum atomic E-state index is -2.89. The first-order valence-corrected chi connectivity index (χ1v) is 14.2. The molecular formula is C20H27N5O4S3. The van der Waals surface area contributed by atoms with E-state index in [-0.39, 0.29) is 23.5 Å². The van der Waals surface area contributed by atoms with Crippen LogP contribution in [0.1, 0.15) is 13.3 Å². The molecule has 1 N–H and O–H groups in total. The van der Waals surface area contributed by atoms with Crippen LogP contribution in [-0.4, -0.2) is 90.4 Å². The smallest absolute Gasteiger partial charge is 0.233 e. The van der Waals surface area contributed by atoms with Crippen molar-refractivity contribution in [2.24, 2.45) is 0 Å². The van der Waals surface area contributed by atoms with Crippen LogP contribution in [0.4, 0.5) is 10.8 Å². The summed E-state index contributed by atoms with van der Waals surface area (Å²) in [5.41, 5.74) is 0.825. The predicted molar refractivity (Wildman–Crippen MR) is 127 cm³/mol. The van der Waals surface area contributed by atoms with Gasteiger partial charge in [-0.15, -0.1) is 10.2 Å². The molecule has 2 aromatic rings. The van der Waals surface area contributed by atoms with Crippen molar-refractivity contribution in [1.82, 2.24) is 20.0 Å². The number of thioether (sulfide) groups is 1. The highest BCUT2D eigenvalue weighted by Crippen LogP contribution is 2.31. The number of amides is 1. The Morgan fingerprint density at radius 2 is 2.03 bits per heavy atom. The highest BCUT2D eigenvalue weighted by molar-refractivity contribution is 8.01. The quantitative estimate of drug-likeness (QED) is 0.549. The summed E-state index contributed by atoms with van der Waals surface area (Å²) in [5.74, 6) is 1.66. The maximum atomic E-state index is 12.6. The molecule has 1 aromatic carbocycles. The van der Waals surface area contributed by atoms with Crippen LogP contribution in [0.25, 0.3) is 0 Å². The second kappa shape index (κ2) is 10.4. The fourth-order valence-electron chi connectivity index (χ4n) is 3.90. The summed E-state index contributed by atoms with van der Waals surface area (Å²) in [5, 5.41) is 12.2. The number of para-hydroxylation sites is 2. The Morgan fingerprint density at radius 1 is 1.25 bits per heavy atom. The fraction of sp³-hybridized carbons (Fsp3) is 0.550. The Kier molecular flexibility index (Phi) is 7.54. The number of hydrogen-bond donors (Lipinski definition) is 1. The van der Waals surface area contributed by atoms with Crippen molar-refractivity contribution in [2.75, 3.05) is 55.4 Å². The summed E-state index contributed by atoms with van der Waals surface area (Å²) in [7, 11) is -2.89. The van der Waals surface area contributed by atoms with Crippen molar-refractivity contribution >= 4 is 49.7 Å². The van der Waals surface area contributed by atoms with E-state index in [1.807, 2.05) is 36.1 Å². The number of carbonyl (C=O) groups excluding carboxylic acids is 1. The molecule has 1 unspecified atom stereocenters. The second-order valence-corrected chi connectivity index (χ2v) is 12.1. The molecule has 2 aliphatic heterocycles. The Hall–Kier alpha value is -1.89. The summed E-state index contributed by atoms with van der Waals surface area (Å²) in [4.78, 5) is 16.7. The number of nitrogens with one attached hydrogen (secondary N) is 1. The summed E-state index contributed by atoms with van der Waals surface area (Å²) < 4.78 is 29.8. The molecule has 9 nitrogen and oxygen atoms in total. The summed E-state index contributed by atoms with van der Waals surface area (Å²) >= 11 is 2.78. The first kappa shape index (κ1) is 23.3. The zero-order valence-corrected chi connectivity index (χ0v) is 20.3. The highest BCUT2D eigenvalue weighted by Gasteiger charge is 2.34. The zero-order valence-electron chi connectivity index (χ0n) is 17.9. The number of rotatable bonds is 8. The van der Waals surface area contributed by atoms with Gasteiger partial charge in [0.2, 0.25) is 11.0 Å². The third kappa shape index (κ3) is 5.91. The summed E-state index contributed by atoms with van der Waals surface area (Å²) in [6, 6.07) is 7.76. The van der Waals surface area contributed by atoms with Crippen LogP contribution in [0.3, 0.4) is 0 Å². The van der Waals surface area contributed by atoms with Crippen molar-refractivity contribution in [1.29, 1.82) is 0 Å². The van der Waals surface area contributed by atoms with Crippen LogP contribution in [0, 0.1) is 0 Å². The molecular weight excluding hydrogens is 470 g/mol. The Morgan fingerprint density at radius 3 is 2.75 bits per heavy atom. The average molecular weight is 498 g/mol. The molecule has 2 fully saturated rings. The summed E-state index contributed by atoms with van der Waals surface area (Å²) in [6.07, 6.45) is 0.703. The van der Waals surface area contributed by atoms with E-state index in [4.69, 9.17) is 4.74 Å². The number of ether oxygens (including phenoxy) is 1. The molecule has 1 atom stereocenters. The summed E-state index contributed by atoms with van der Waals surface area (Å²) in [6.45, 7) is 5.23. The van der Waals surface area contributed by atoms with Gasteiger partial charge in [0, 0.05) is 32.2 Å². The van der Waals surface area contributed by atoms with E-state index in [9.17, 15) is 13.2 Å². The van der Waals surface area contributed by atoms with Gasteiger partial charge in [-0.25, -0.2) is 8.42 Å². The number of hydrogen-bond acceptors (Lipinski definition) is 10. The van der Waals surface area contributed by atoms with E-state index >= 15 is 0 Å². The van der Waals surface area contributed by atoms with E-state index in [1.54, 1.807) is 0 Å². The number of aromatic nitrogens is 2. The van der Waals surface area contributed by atoms with Gasteiger partial charge in [0.05, 0.1) is 29.6 Å². The Bertz CT molecular complexity index is 1040.